The fourth-order valence-corrected chi connectivity index (χ4v) is 6.96. The second-order valence-corrected chi connectivity index (χ2v) is 9.87. The van der Waals surface area contributed by atoms with Crippen LogP contribution in [0.4, 0.5) is 4.39 Å². The average Bonchev–Trinajstić information content (AvgIpc) is 2.94. The Morgan fingerprint density at radius 3 is 2.63 bits per heavy atom. The van der Waals surface area contributed by atoms with E-state index in [-0.39, 0.29) is 24.5 Å². The molecule has 0 radical (unpaired) electrons. The Balaban J connectivity index is 1.72. The number of aliphatic hydroxyl groups is 2. The van der Waals surface area contributed by atoms with Crippen LogP contribution < -0.4 is 0 Å². The SMILES string of the molecule is CC(=O)OCC(=O)[C@@]1(O)CC[C@@H]2[C@H]3CCC4=CC(=O)C=C[C@]4(C)[C@@]3(F)[C@H](O)C[C@@]21C. The highest BCUT2D eigenvalue weighted by Crippen LogP contribution is 2.69. The second-order valence-electron chi connectivity index (χ2n) is 9.87. The van der Waals surface area contributed by atoms with Crippen molar-refractivity contribution >= 4 is 17.5 Å². The van der Waals surface area contributed by atoms with Gasteiger partial charge in [-0.1, -0.05) is 18.6 Å². The van der Waals surface area contributed by atoms with Crippen molar-refractivity contribution in [2.24, 2.45) is 22.7 Å². The van der Waals surface area contributed by atoms with Gasteiger partial charge in [0.15, 0.2) is 18.1 Å². The van der Waals surface area contributed by atoms with E-state index < -0.39 is 52.5 Å². The largest absolute Gasteiger partial charge is 0.458 e. The predicted octanol–water partition coefficient (Wildman–Crippen LogP) is 2.22. The molecule has 164 valence electrons. The summed E-state index contributed by atoms with van der Waals surface area (Å²) >= 11 is 0. The van der Waals surface area contributed by atoms with Gasteiger partial charge in [0.05, 0.1) is 6.10 Å². The minimum atomic E-state index is -2.00. The summed E-state index contributed by atoms with van der Waals surface area (Å²) in [6, 6.07) is 0. The van der Waals surface area contributed by atoms with Crippen LogP contribution in [0.5, 0.6) is 0 Å². The molecule has 3 saturated carbocycles. The first-order chi connectivity index (χ1) is 13.9. The monoisotopic (exact) mass is 420 g/mol. The van der Waals surface area contributed by atoms with Gasteiger partial charge in [-0.3, -0.25) is 14.4 Å². The summed E-state index contributed by atoms with van der Waals surface area (Å²) in [6.07, 6.45) is 4.47. The lowest BCUT2D eigenvalue weighted by Crippen LogP contribution is -2.69. The Hall–Kier alpha value is -1.86. The summed E-state index contributed by atoms with van der Waals surface area (Å²) in [5.74, 6) is -2.28. The van der Waals surface area contributed by atoms with E-state index in [1.165, 1.54) is 19.1 Å². The molecule has 0 heterocycles. The van der Waals surface area contributed by atoms with Crippen LogP contribution in [0.2, 0.25) is 0 Å². The number of carbonyl (C=O) groups is 3. The molecule has 7 heteroatoms. The van der Waals surface area contributed by atoms with Gasteiger partial charge in [0.2, 0.25) is 5.78 Å². The van der Waals surface area contributed by atoms with Gasteiger partial charge in [-0.05, 0) is 57.1 Å². The number of hydrogen-bond acceptors (Lipinski definition) is 6. The number of halogens is 1. The zero-order chi connectivity index (χ0) is 22.1. The summed E-state index contributed by atoms with van der Waals surface area (Å²) in [6.45, 7) is 4.12. The van der Waals surface area contributed by atoms with Crippen LogP contribution in [-0.2, 0) is 19.1 Å². The van der Waals surface area contributed by atoms with Crippen molar-refractivity contribution < 1.29 is 33.7 Å². The van der Waals surface area contributed by atoms with Crippen molar-refractivity contribution in [1.82, 2.24) is 0 Å². The van der Waals surface area contributed by atoms with E-state index in [4.69, 9.17) is 4.74 Å². The highest BCUT2D eigenvalue weighted by atomic mass is 19.1. The van der Waals surface area contributed by atoms with Crippen molar-refractivity contribution in [3.8, 4) is 0 Å². The van der Waals surface area contributed by atoms with E-state index in [0.29, 0.717) is 24.8 Å². The molecular formula is C23H29FO6. The van der Waals surface area contributed by atoms with E-state index in [9.17, 15) is 24.6 Å². The molecule has 6 nitrogen and oxygen atoms in total. The van der Waals surface area contributed by atoms with Crippen LogP contribution in [0.25, 0.3) is 0 Å². The molecule has 3 fully saturated rings. The number of hydrogen-bond donors (Lipinski definition) is 2. The van der Waals surface area contributed by atoms with Crippen molar-refractivity contribution in [2.45, 2.75) is 70.2 Å². The van der Waals surface area contributed by atoms with Gasteiger partial charge in [-0.25, -0.2) is 4.39 Å². The summed E-state index contributed by atoms with van der Waals surface area (Å²) in [4.78, 5) is 35.8. The van der Waals surface area contributed by atoms with Gasteiger partial charge in [-0.15, -0.1) is 0 Å². The Morgan fingerprint density at radius 2 is 1.97 bits per heavy atom. The van der Waals surface area contributed by atoms with Crippen LogP contribution in [0, 0.1) is 22.7 Å². The highest BCUT2D eigenvalue weighted by molar-refractivity contribution is 6.01. The lowest BCUT2D eigenvalue weighted by atomic mass is 9.44. The molecule has 0 saturated heterocycles. The van der Waals surface area contributed by atoms with Crippen molar-refractivity contribution in [2.75, 3.05) is 6.61 Å². The van der Waals surface area contributed by atoms with Crippen LogP contribution >= 0.6 is 0 Å². The van der Waals surface area contributed by atoms with Crippen molar-refractivity contribution in [3.05, 3.63) is 23.8 Å². The van der Waals surface area contributed by atoms with Crippen LogP contribution in [0.3, 0.4) is 0 Å². The summed E-state index contributed by atoms with van der Waals surface area (Å²) in [7, 11) is 0. The summed E-state index contributed by atoms with van der Waals surface area (Å²) < 4.78 is 21.7. The maximum Gasteiger partial charge on any atom is 0.303 e. The first kappa shape index (κ1) is 21.4. The molecule has 4 rings (SSSR count). The molecule has 0 bridgehead atoms. The molecule has 4 aliphatic rings. The van der Waals surface area contributed by atoms with Crippen molar-refractivity contribution in [1.29, 1.82) is 0 Å². The van der Waals surface area contributed by atoms with Gasteiger partial charge < -0.3 is 14.9 Å². The molecular weight excluding hydrogens is 391 g/mol. The maximum absolute atomic E-state index is 16.9. The number of aliphatic hydroxyl groups excluding tert-OH is 1. The third-order valence-electron chi connectivity index (χ3n) is 8.66. The lowest BCUT2D eigenvalue weighted by molar-refractivity contribution is -0.217. The van der Waals surface area contributed by atoms with Gasteiger partial charge in [0.25, 0.3) is 0 Å². The fourth-order valence-electron chi connectivity index (χ4n) is 6.96. The van der Waals surface area contributed by atoms with E-state index in [2.05, 4.69) is 0 Å². The van der Waals surface area contributed by atoms with Gasteiger partial charge in [0, 0.05) is 23.7 Å². The predicted molar refractivity (Wildman–Crippen MR) is 105 cm³/mol. The molecule has 0 spiro atoms. The average molecular weight is 420 g/mol. The lowest BCUT2D eigenvalue weighted by Gasteiger charge is -2.62. The highest BCUT2D eigenvalue weighted by Gasteiger charge is 2.74. The molecule has 30 heavy (non-hydrogen) atoms. The van der Waals surface area contributed by atoms with Gasteiger partial charge in [-0.2, -0.15) is 0 Å². The molecule has 0 aliphatic heterocycles. The molecule has 4 aliphatic carbocycles. The third kappa shape index (κ3) is 2.51. The normalized spacial score (nSPS) is 47.1. The number of Topliss-reactive ketones (excluding diaryl/α,β-unsaturated/α-hetero) is 1. The van der Waals surface area contributed by atoms with E-state index >= 15 is 4.39 Å². The number of ketones is 2. The fraction of sp³-hybridized carbons (Fsp3) is 0.696. The molecule has 0 aromatic rings. The van der Waals surface area contributed by atoms with Crippen LogP contribution in [-0.4, -0.2) is 51.7 Å². The van der Waals surface area contributed by atoms with Crippen LogP contribution in [0.15, 0.2) is 23.8 Å². The Morgan fingerprint density at radius 1 is 1.27 bits per heavy atom. The standard InChI is InChI=1S/C23H29FO6/c1-13(25)30-12-19(28)22(29)9-7-16-17-5-4-14-10-15(26)6-8-20(14,2)23(17,24)18(27)11-21(16,22)3/h6,8,10,16-18,27,29H,4-5,7,9,11-12H2,1-3H3/t16-,17-,18-,20+,21+,22+,23+/m1/s1. The number of carbonyl (C=O) groups excluding carboxylic acids is 3. The van der Waals surface area contributed by atoms with Gasteiger partial charge >= 0.3 is 5.97 Å². The maximum atomic E-state index is 16.9. The van der Waals surface area contributed by atoms with Gasteiger partial charge in [0.1, 0.15) is 5.60 Å². The molecule has 0 unspecified atom stereocenters. The number of esters is 1. The number of rotatable bonds is 3. The summed E-state index contributed by atoms with van der Waals surface area (Å²) in [5, 5.41) is 22.6. The molecule has 7 atom stereocenters. The number of fused-ring (bicyclic) bond motifs is 5. The smallest absolute Gasteiger partial charge is 0.303 e. The summed E-state index contributed by atoms with van der Waals surface area (Å²) in [5.41, 5.74) is -5.23. The topological polar surface area (TPSA) is 101 Å². The van der Waals surface area contributed by atoms with E-state index in [0.717, 1.165) is 0 Å². The van der Waals surface area contributed by atoms with Crippen molar-refractivity contribution in [3.63, 3.8) is 0 Å². The minimum Gasteiger partial charge on any atom is -0.458 e. The first-order valence-electron chi connectivity index (χ1n) is 10.6. The Kier molecular flexibility index (Phi) is 4.68. The molecule has 2 N–H and O–H groups in total. The second kappa shape index (κ2) is 6.57. The Bertz CT molecular complexity index is 879. The number of ether oxygens (including phenoxy) is 1. The first-order valence-corrected chi connectivity index (χ1v) is 10.6. The van der Waals surface area contributed by atoms with E-state index in [1.807, 2.05) is 0 Å². The zero-order valence-electron chi connectivity index (χ0n) is 17.6. The number of alkyl halides is 1. The number of allylic oxidation sites excluding steroid dienone is 4. The molecule has 0 amide bonds. The third-order valence-corrected chi connectivity index (χ3v) is 8.66. The van der Waals surface area contributed by atoms with Crippen LogP contribution in [0.1, 0.15) is 52.9 Å². The molecule has 0 aromatic carbocycles. The molecule has 0 aromatic heterocycles. The van der Waals surface area contributed by atoms with E-state index in [1.54, 1.807) is 19.9 Å². The Labute approximate surface area is 175 Å². The quantitative estimate of drug-likeness (QED) is 0.679. The minimum absolute atomic E-state index is 0.0857. The zero-order valence-corrected chi connectivity index (χ0v) is 17.6.